The zero-order valence-electron chi connectivity index (χ0n) is 10.2. The predicted molar refractivity (Wildman–Crippen MR) is 67.7 cm³/mol. The van der Waals surface area contributed by atoms with E-state index in [1.54, 1.807) is 6.92 Å². The number of aryl methyl sites for hydroxylation is 1. The molecule has 0 aliphatic rings. The van der Waals surface area contributed by atoms with E-state index in [4.69, 9.17) is 4.74 Å². The van der Waals surface area contributed by atoms with Gasteiger partial charge in [0.2, 0.25) is 0 Å². The van der Waals surface area contributed by atoms with Crippen LogP contribution in [0.15, 0.2) is 36.5 Å². The van der Waals surface area contributed by atoms with E-state index < -0.39 is 0 Å². The van der Waals surface area contributed by atoms with Crippen molar-refractivity contribution in [2.75, 3.05) is 12.4 Å². The number of nitrogens with zero attached hydrogens (tertiary/aromatic N) is 2. The van der Waals surface area contributed by atoms with E-state index >= 15 is 0 Å². The third-order valence-corrected chi connectivity index (χ3v) is 2.42. The molecule has 1 N–H and O–H groups in total. The van der Waals surface area contributed by atoms with Crippen molar-refractivity contribution in [3.63, 3.8) is 0 Å². The highest BCUT2D eigenvalue weighted by Crippen LogP contribution is 2.12. The lowest BCUT2D eigenvalue weighted by atomic mass is 10.2. The molecule has 1 amide bonds. The molecule has 2 rings (SSSR count). The number of carbonyl (C=O) groups is 1. The van der Waals surface area contributed by atoms with Gasteiger partial charge in [0, 0.05) is 11.9 Å². The SMILES string of the molecule is COc1ncc(C(=O)Nc2ccccc2)c(C)n1. The van der Waals surface area contributed by atoms with Crippen LogP contribution in [0, 0.1) is 6.92 Å². The second kappa shape index (κ2) is 5.27. The predicted octanol–water partition coefficient (Wildman–Crippen LogP) is 2.05. The molecule has 0 unspecified atom stereocenters. The Balaban J connectivity index is 2.19. The van der Waals surface area contributed by atoms with Crippen LogP contribution < -0.4 is 10.1 Å². The third kappa shape index (κ3) is 2.63. The van der Waals surface area contributed by atoms with E-state index in [9.17, 15) is 4.79 Å². The average Bonchev–Trinajstić information content (AvgIpc) is 2.39. The molecule has 18 heavy (non-hydrogen) atoms. The molecule has 1 heterocycles. The van der Waals surface area contributed by atoms with E-state index in [1.807, 2.05) is 30.3 Å². The molecule has 92 valence electrons. The van der Waals surface area contributed by atoms with Crippen LogP contribution in [-0.2, 0) is 0 Å². The minimum absolute atomic E-state index is 0.235. The minimum atomic E-state index is -0.235. The molecule has 1 aromatic heterocycles. The molecular formula is C13H13N3O2. The van der Waals surface area contributed by atoms with Gasteiger partial charge < -0.3 is 10.1 Å². The second-order valence-corrected chi connectivity index (χ2v) is 3.68. The number of anilines is 1. The summed E-state index contributed by atoms with van der Waals surface area (Å²) in [4.78, 5) is 20.0. The normalized spacial score (nSPS) is 9.89. The zero-order chi connectivity index (χ0) is 13.0. The number of methoxy groups -OCH3 is 1. The number of carbonyl (C=O) groups excluding carboxylic acids is 1. The summed E-state index contributed by atoms with van der Waals surface area (Å²) in [6, 6.07) is 9.48. The molecule has 0 radical (unpaired) electrons. The molecule has 0 aliphatic heterocycles. The van der Waals surface area contributed by atoms with Crippen LogP contribution in [0.5, 0.6) is 6.01 Å². The summed E-state index contributed by atoms with van der Waals surface area (Å²) in [5.41, 5.74) is 1.74. The molecule has 0 saturated heterocycles. The first-order valence-corrected chi connectivity index (χ1v) is 5.44. The summed E-state index contributed by atoms with van der Waals surface area (Å²) in [5.74, 6) is -0.235. The van der Waals surface area contributed by atoms with Gasteiger partial charge in [-0.15, -0.1) is 0 Å². The Morgan fingerprint density at radius 2 is 2.00 bits per heavy atom. The maximum Gasteiger partial charge on any atom is 0.316 e. The fourth-order valence-corrected chi connectivity index (χ4v) is 1.49. The number of hydrogen-bond donors (Lipinski definition) is 1. The van der Waals surface area contributed by atoms with Crippen LogP contribution in [0.25, 0.3) is 0 Å². The zero-order valence-corrected chi connectivity index (χ0v) is 10.2. The maximum absolute atomic E-state index is 12.0. The van der Waals surface area contributed by atoms with Crippen LogP contribution >= 0.6 is 0 Å². The summed E-state index contributed by atoms with van der Waals surface area (Å²) >= 11 is 0. The van der Waals surface area contributed by atoms with Gasteiger partial charge in [-0.3, -0.25) is 4.79 Å². The van der Waals surface area contributed by atoms with Gasteiger partial charge in [-0.05, 0) is 19.1 Å². The molecule has 0 saturated carbocycles. The number of para-hydroxylation sites is 1. The Kier molecular flexibility index (Phi) is 3.52. The van der Waals surface area contributed by atoms with Crippen molar-refractivity contribution in [3.05, 3.63) is 47.8 Å². The van der Waals surface area contributed by atoms with Crippen molar-refractivity contribution in [3.8, 4) is 6.01 Å². The molecule has 5 nitrogen and oxygen atoms in total. The van der Waals surface area contributed by atoms with Gasteiger partial charge in [0.05, 0.1) is 18.4 Å². The monoisotopic (exact) mass is 243 g/mol. The number of ether oxygens (including phenoxy) is 1. The van der Waals surface area contributed by atoms with Crippen molar-refractivity contribution >= 4 is 11.6 Å². The summed E-state index contributed by atoms with van der Waals surface area (Å²) in [6.45, 7) is 1.74. The molecule has 0 spiro atoms. The Hall–Kier alpha value is -2.43. The van der Waals surface area contributed by atoms with Crippen molar-refractivity contribution < 1.29 is 9.53 Å². The lowest BCUT2D eigenvalue weighted by Crippen LogP contribution is -2.14. The summed E-state index contributed by atoms with van der Waals surface area (Å²) in [5, 5.41) is 2.78. The first-order chi connectivity index (χ1) is 8.70. The first kappa shape index (κ1) is 12.0. The average molecular weight is 243 g/mol. The fourth-order valence-electron chi connectivity index (χ4n) is 1.49. The largest absolute Gasteiger partial charge is 0.467 e. The maximum atomic E-state index is 12.0. The highest BCUT2D eigenvalue weighted by atomic mass is 16.5. The van der Waals surface area contributed by atoms with Crippen molar-refractivity contribution in [2.24, 2.45) is 0 Å². The quantitative estimate of drug-likeness (QED) is 0.896. The highest BCUT2D eigenvalue weighted by Gasteiger charge is 2.11. The van der Waals surface area contributed by atoms with E-state index in [2.05, 4.69) is 15.3 Å². The Labute approximate surface area is 105 Å². The van der Waals surface area contributed by atoms with Gasteiger partial charge in [0.15, 0.2) is 0 Å². The van der Waals surface area contributed by atoms with E-state index in [1.165, 1.54) is 13.3 Å². The van der Waals surface area contributed by atoms with Crippen LogP contribution in [0.3, 0.4) is 0 Å². The smallest absolute Gasteiger partial charge is 0.316 e. The van der Waals surface area contributed by atoms with Gasteiger partial charge in [0.25, 0.3) is 5.91 Å². The molecule has 5 heteroatoms. The molecule has 2 aromatic rings. The summed E-state index contributed by atoms with van der Waals surface area (Å²) in [7, 11) is 1.48. The standard InChI is InChI=1S/C13H13N3O2/c1-9-11(8-14-13(15-9)18-2)12(17)16-10-6-4-3-5-7-10/h3-8H,1-2H3,(H,16,17). The van der Waals surface area contributed by atoms with Crippen LogP contribution in [0.1, 0.15) is 16.1 Å². The van der Waals surface area contributed by atoms with Crippen LogP contribution in [0.4, 0.5) is 5.69 Å². The first-order valence-electron chi connectivity index (χ1n) is 5.44. The van der Waals surface area contributed by atoms with Gasteiger partial charge in [-0.25, -0.2) is 4.98 Å². The number of aromatic nitrogens is 2. The van der Waals surface area contributed by atoms with Crippen molar-refractivity contribution in [1.82, 2.24) is 9.97 Å². The van der Waals surface area contributed by atoms with E-state index in [-0.39, 0.29) is 11.9 Å². The van der Waals surface area contributed by atoms with Crippen molar-refractivity contribution in [1.29, 1.82) is 0 Å². The van der Waals surface area contributed by atoms with Gasteiger partial charge in [-0.2, -0.15) is 4.98 Å². The number of amides is 1. The van der Waals surface area contributed by atoms with Crippen LogP contribution in [0.2, 0.25) is 0 Å². The molecule has 1 aromatic carbocycles. The number of rotatable bonds is 3. The lowest BCUT2D eigenvalue weighted by Gasteiger charge is -2.07. The Bertz CT molecular complexity index is 555. The molecular weight excluding hydrogens is 230 g/mol. The Morgan fingerprint density at radius 3 is 2.61 bits per heavy atom. The highest BCUT2D eigenvalue weighted by molar-refractivity contribution is 6.04. The number of hydrogen-bond acceptors (Lipinski definition) is 4. The molecule has 0 bridgehead atoms. The number of benzene rings is 1. The van der Waals surface area contributed by atoms with Crippen molar-refractivity contribution in [2.45, 2.75) is 6.92 Å². The van der Waals surface area contributed by atoms with E-state index in [0.29, 0.717) is 11.3 Å². The molecule has 0 fully saturated rings. The van der Waals surface area contributed by atoms with Crippen LogP contribution in [-0.4, -0.2) is 23.0 Å². The fraction of sp³-hybridized carbons (Fsp3) is 0.154. The van der Waals surface area contributed by atoms with E-state index in [0.717, 1.165) is 5.69 Å². The summed E-state index contributed by atoms with van der Waals surface area (Å²) < 4.78 is 4.89. The minimum Gasteiger partial charge on any atom is -0.467 e. The Morgan fingerprint density at radius 1 is 1.28 bits per heavy atom. The second-order valence-electron chi connectivity index (χ2n) is 3.68. The third-order valence-electron chi connectivity index (χ3n) is 2.42. The van der Waals surface area contributed by atoms with Gasteiger partial charge in [0.1, 0.15) is 0 Å². The lowest BCUT2D eigenvalue weighted by molar-refractivity contribution is 0.102. The number of nitrogens with one attached hydrogen (secondary N) is 1. The molecule has 0 aliphatic carbocycles. The topological polar surface area (TPSA) is 64.1 Å². The van der Waals surface area contributed by atoms with Gasteiger partial charge in [-0.1, -0.05) is 18.2 Å². The van der Waals surface area contributed by atoms with Gasteiger partial charge >= 0.3 is 6.01 Å². The molecule has 0 atom stereocenters. The summed E-state index contributed by atoms with van der Waals surface area (Å²) in [6.07, 6.45) is 1.46.